The van der Waals surface area contributed by atoms with Crippen LogP contribution < -0.4 is 10.2 Å². The summed E-state index contributed by atoms with van der Waals surface area (Å²) in [6.07, 6.45) is 2.06. The maximum atomic E-state index is 12.1. The number of rotatable bonds is 4. The lowest BCUT2D eigenvalue weighted by Crippen LogP contribution is -2.36. The number of nitriles is 1. The minimum Gasteiger partial charge on any atom is -0.368 e. The normalized spacial score (nSPS) is 15.6. The molecule has 1 heterocycles. The lowest BCUT2D eigenvalue weighted by Gasteiger charge is -2.24. The number of piperidine rings is 1. The second-order valence-corrected chi connectivity index (χ2v) is 4.88. The molecule has 0 saturated carbocycles. The molecule has 1 amide bonds. The van der Waals surface area contributed by atoms with Gasteiger partial charge in [0.15, 0.2) is 0 Å². The summed E-state index contributed by atoms with van der Waals surface area (Å²) in [7, 11) is 1.70. The van der Waals surface area contributed by atoms with Crippen LogP contribution in [0.25, 0.3) is 0 Å². The van der Waals surface area contributed by atoms with Gasteiger partial charge in [0.05, 0.1) is 17.7 Å². The molecule has 0 unspecified atom stereocenters. The Balaban J connectivity index is 1.89. The zero-order valence-electron chi connectivity index (χ0n) is 11.6. The topological polar surface area (TPSA) is 65.4 Å². The number of amides is 1. The molecule has 106 valence electrons. The van der Waals surface area contributed by atoms with Crippen molar-refractivity contribution >= 4 is 11.6 Å². The molecule has 1 fully saturated rings. The van der Waals surface area contributed by atoms with E-state index < -0.39 is 0 Å². The van der Waals surface area contributed by atoms with Crippen molar-refractivity contribution in [3.8, 4) is 6.07 Å². The fraction of sp³-hybridized carbons (Fsp3) is 0.467. The fourth-order valence-corrected chi connectivity index (χ4v) is 2.18. The van der Waals surface area contributed by atoms with E-state index in [1.165, 1.54) is 4.90 Å². The van der Waals surface area contributed by atoms with Crippen LogP contribution >= 0.6 is 0 Å². The molecule has 0 spiro atoms. The zero-order chi connectivity index (χ0) is 14.4. The van der Waals surface area contributed by atoms with Crippen LogP contribution in [0.2, 0.25) is 0 Å². The molecule has 5 heteroatoms. The van der Waals surface area contributed by atoms with Gasteiger partial charge in [-0.1, -0.05) is 6.07 Å². The molecule has 0 aromatic heterocycles. The second kappa shape index (κ2) is 7.04. The van der Waals surface area contributed by atoms with Gasteiger partial charge in [-0.25, -0.2) is 0 Å². The summed E-state index contributed by atoms with van der Waals surface area (Å²) in [5.41, 5.74) is 1.25. The minimum absolute atomic E-state index is 0.0813. The summed E-state index contributed by atoms with van der Waals surface area (Å²) in [6, 6.07) is 9.06. The van der Waals surface area contributed by atoms with Crippen LogP contribution in [0.3, 0.4) is 0 Å². The quantitative estimate of drug-likeness (QED) is 0.897. The van der Waals surface area contributed by atoms with E-state index in [9.17, 15) is 4.79 Å². The monoisotopic (exact) mass is 273 g/mol. The largest absolute Gasteiger partial charge is 0.368 e. The average molecular weight is 273 g/mol. The Morgan fingerprint density at radius 2 is 2.25 bits per heavy atom. The van der Waals surface area contributed by atoms with Gasteiger partial charge in [-0.15, -0.1) is 0 Å². The van der Waals surface area contributed by atoms with Crippen LogP contribution in [0.1, 0.15) is 18.4 Å². The van der Waals surface area contributed by atoms with Gasteiger partial charge >= 0.3 is 0 Å². The van der Waals surface area contributed by atoms with Gasteiger partial charge in [0.2, 0.25) is 0 Å². The summed E-state index contributed by atoms with van der Waals surface area (Å²) < 4.78 is 5.65. The maximum Gasteiger partial charge on any atom is 0.252 e. The predicted octanol–water partition coefficient (Wildman–Crippen LogP) is 1.29. The Labute approximate surface area is 119 Å². The van der Waals surface area contributed by atoms with Gasteiger partial charge in [0.1, 0.15) is 6.61 Å². The highest BCUT2D eigenvalue weighted by atomic mass is 16.5. The van der Waals surface area contributed by atoms with Crippen molar-refractivity contribution in [1.82, 2.24) is 5.32 Å². The molecule has 0 aliphatic carbocycles. The number of hydrogen-bond acceptors (Lipinski definition) is 4. The molecule has 5 nitrogen and oxygen atoms in total. The van der Waals surface area contributed by atoms with Gasteiger partial charge in [0.25, 0.3) is 5.91 Å². The first-order valence-electron chi connectivity index (χ1n) is 6.80. The first kappa shape index (κ1) is 14.5. The van der Waals surface area contributed by atoms with Crippen LogP contribution in [0.15, 0.2) is 24.3 Å². The highest BCUT2D eigenvalue weighted by Crippen LogP contribution is 2.15. The van der Waals surface area contributed by atoms with E-state index in [2.05, 4.69) is 11.4 Å². The van der Waals surface area contributed by atoms with Gasteiger partial charge in [-0.2, -0.15) is 5.26 Å². The first-order chi connectivity index (χ1) is 9.70. The van der Waals surface area contributed by atoms with Crippen molar-refractivity contribution in [2.45, 2.75) is 18.9 Å². The molecule has 2 rings (SSSR count). The lowest BCUT2D eigenvalue weighted by atomic mass is 10.1. The molecule has 1 N–H and O–H groups in total. The Bertz CT molecular complexity index is 504. The molecular formula is C15H19N3O2. The molecule has 20 heavy (non-hydrogen) atoms. The maximum absolute atomic E-state index is 12.1. The number of nitrogens with zero attached hydrogens (tertiary/aromatic N) is 2. The predicted molar refractivity (Wildman–Crippen MR) is 76.4 cm³/mol. The number of ether oxygens (including phenoxy) is 1. The molecule has 1 aliphatic rings. The third kappa shape index (κ3) is 3.80. The van der Waals surface area contributed by atoms with E-state index in [-0.39, 0.29) is 18.6 Å². The summed E-state index contributed by atoms with van der Waals surface area (Å²) in [6.45, 7) is 1.97. The van der Waals surface area contributed by atoms with Crippen LogP contribution in [0, 0.1) is 11.3 Å². The van der Waals surface area contributed by atoms with Crippen molar-refractivity contribution in [2.24, 2.45) is 0 Å². The zero-order valence-corrected chi connectivity index (χ0v) is 11.6. The van der Waals surface area contributed by atoms with Crippen molar-refractivity contribution in [2.75, 3.05) is 31.6 Å². The van der Waals surface area contributed by atoms with Crippen molar-refractivity contribution in [1.29, 1.82) is 5.26 Å². The van der Waals surface area contributed by atoms with Gasteiger partial charge < -0.3 is 15.0 Å². The number of anilines is 1. The van der Waals surface area contributed by atoms with Crippen molar-refractivity contribution < 1.29 is 9.53 Å². The van der Waals surface area contributed by atoms with E-state index in [1.807, 2.05) is 6.07 Å². The lowest BCUT2D eigenvalue weighted by molar-refractivity contribution is -0.125. The highest BCUT2D eigenvalue weighted by molar-refractivity contribution is 5.93. The molecule has 1 aromatic carbocycles. The Kier molecular flexibility index (Phi) is 5.10. The Morgan fingerprint density at radius 1 is 1.50 bits per heavy atom. The van der Waals surface area contributed by atoms with E-state index in [0.29, 0.717) is 11.3 Å². The standard InChI is InChI=1S/C15H19N3O2/c1-18(13-4-2-3-12(9-13)10-16)15(19)11-20-14-5-7-17-8-6-14/h2-4,9,14,17H,5-8,11H2,1H3. The van der Waals surface area contributed by atoms with E-state index >= 15 is 0 Å². The molecule has 0 atom stereocenters. The average Bonchev–Trinajstić information content (AvgIpc) is 2.53. The number of hydrogen-bond donors (Lipinski definition) is 1. The minimum atomic E-state index is -0.0985. The van der Waals surface area contributed by atoms with E-state index in [1.54, 1.807) is 25.2 Å². The molecule has 1 aliphatic heterocycles. The molecule has 1 aromatic rings. The molecular weight excluding hydrogens is 254 g/mol. The number of carbonyl (C=O) groups excluding carboxylic acids is 1. The summed E-state index contributed by atoms with van der Waals surface area (Å²) >= 11 is 0. The van der Waals surface area contributed by atoms with E-state index in [4.69, 9.17) is 10.00 Å². The number of carbonyl (C=O) groups is 1. The van der Waals surface area contributed by atoms with Crippen LogP contribution in [-0.2, 0) is 9.53 Å². The number of benzene rings is 1. The summed E-state index contributed by atoms with van der Waals surface area (Å²) in [5, 5.41) is 12.1. The van der Waals surface area contributed by atoms with Gasteiger partial charge in [-0.3, -0.25) is 4.79 Å². The smallest absolute Gasteiger partial charge is 0.252 e. The third-order valence-electron chi connectivity index (χ3n) is 3.47. The second-order valence-electron chi connectivity index (χ2n) is 4.88. The van der Waals surface area contributed by atoms with Crippen molar-refractivity contribution in [3.05, 3.63) is 29.8 Å². The number of nitrogens with one attached hydrogen (secondary N) is 1. The molecule has 0 bridgehead atoms. The first-order valence-corrected chi connectivity index (χ1v) is 6.80. The molecule has 0 radical (unpaired) electrons. The summed E-state index contributed by atoms with van der Waals surface area (Å²) in [5.74, 6) is -0.0985. The highest BCUT2D eigenvalue weighted by Gasteiger charge is 2.17. The van der Waals surface area contributed by atoms with Gasteiger partial charge in [-0.05, 0) is 44.1 Å². The van der Waals surface area contributed by atoms with Crippen LogP contribution in [0.4, 0.5) is 5.69 Å². The van der Waals surface area contributed by atoms with Crippen molar-refractivity contribution in [3.63, 3.8) is 0 Å². The fourth-order valence-electron chi connectivity index (χ4n) is 2.18. The SMILES string of the molecule is CN(C(=O)COC1CCNCC1)c1cccc(C#N)c1. The summed E-state index contributed by atoms with van der Waals surface area (Å²) in [4.78, 5) is 13.6. The number of likely N-dealkylation sites (N-methyl/N-ethyl adjacent to an activating group) is 1. The van der Waals surface area contributed by atoms with E-state index in [0.717, 1.165) is 25.9 Å². The third-order valence-corrected chi connectivity index (χ3v) is 3.47. The van der Waals surface area contributed by atoms with Crippen LogP contribution in [-0.4, -0.2) is 38.8 Å². The Morgan fingerprint density at radius 3 is 2.95 bits per heavy atom. The van der Waals surface area contributed by atoms with Gasteiger partial charge in [0, 0.05) is 12.7 Å². The molecule has 1 saturated heterocycles. The Hall–Kier alpha value is -1.90. The van der Waals surface area contributed by atoms with Crippen LogP contribution in [0.5, 0.6) is 0 Å².